The Hall–Kier alpha value is -1.85. The number of rotatable bonds is 5. The van der Waals surface area contributed by atoms with Gasteiger partial charge in [0.25, 0.3) is 10.0 Å². The fraction of sp³-hybridized carbons (Fsp3) is 0.333. The number of H-pyrrole nitrogens is 2. The van der Waals surface area contributed by atoms with Crippen LogP contribution in [0.3, 0.4) is 0 Å². The lowest BCUT2D eigenvalue weighted by atomic mass is 10.4. The molecular formula is C6H10N8O2S. The number of aromatic amines is 2. The van der Waals surface area contributed by atoms with Crippen LogP contribution in [0.1, 0.15) is 11.4 Å². The third-order valence-corrected chi connectivity index (χ3v) is 3.39. The topological polar surface area (TPSA) is 155 Å². The highest BCUT2D eigenvalue weighted by molar-refractivity contribution is 7.89. The molecule has 2 aromatic rings. The summed E-state index contributed by atoms with van der Waals surface area (Å²) in [6, 6.07) is 0. The highest BCUT2D eigenvalue weighted by Crippen LogP contribution is 2.10. The molecule has 2 heterocycles. The summed E-state index contributed by atoms with van der Waals surface area (Å²) in [5, 5.41) is 18.7. The molecule has 0 bridgehead atoms. The molecule has 17 heavy (non-hydrogen) atoms. The van der Waals surface area contributed by atoms with E-state index in [0.29, 0.717) is 5.56 Å². The third-order valence-electron chi connectivity index (χ3n) is 1.98. The Labute approximate surface area is 96.0 Å². The second kappa shape index (κ2) is 4.57. The molecule has 2 rings (SSSR count). The van der Waals surface area contributed by atoms with Crippen LogP contribution in [-0.2, 0) is 23.1 Å². The first-order valence-electron chi connectivity index (χ1n) is 4.58. The van der Waals surface area contributed by atoms with Crippen LogP contribution in [0.15, 0.2) is 11.2 Å². The minimum Gasteiger partial charge on any atom is -0.326 e. The summed E-state index contributed by atoms with van der Waals surface area (Å²) in [5.74, 6) is 0.238. The fourth-order valence-electron chi connectivity index (χ4n) is 1.17. The molecule has 0 aliphatic rings. The standard InChI is InChI=1S/C6H10N8O2S/c7-1-4-2-8-12-6(4)17(15,16)9-3-5-10-13-14-11-5/h2,9H,1,3,7H2,(H,8,12)(H,10,11,13,14). The molecule has 0 saturated carbocycles. The fourth-order valence-corrected chi connectivity index (χ4v) is 2.28. The van der Waals surface area contributed by atoms with Crippen molar-refractivity contribution in [3.63, 3.8) is 0 Å². The van der Waals surface area contributed by atoms with Crippen LogP contribution in [0, 0.1) is 0 Å². The molecule has 92 valence electrons. The second-order valence-corrected chi connectivity index (χ2v) is 4.78. The van der Waals surface area contributed by atoms with Gasteiger partial charge < -0.3 is 5.73 Å². The van der Waals surface area contributed by atoms with Crippen molar-refractivity contribution < 1.29 is 8.42 Å². The van der Waals surface area contributed by atoms with Gasteiger partial charge in [-0.05, 0) is 0 Å². The lowest BCUT2D eigenvalue weighted by Gasteiger charge is -2.03. The molecule has 0 aliphatic carbocycles. The van der Waals surface area contributed by atoms with E-state index in [1.807, 2.05) is 0 Å². The van der Waals surface area contributed by atoms with Crippen molar-refractivity contribution in [3.8, 4) is 0 Å². The van der Waals surface area contributed by atoms with Gasteiger partial charge in [0.15, 0.2) is 10.9 Å². The zero-order valence-corrected chi connectivity index (χ0v) is 9.40. The van der Waals surface area contributed by atoms with E-state index in [-0.39, 0.29) is 23.9 Å². The number of hydrogen-bond acceptors (Lipinski definition) is 7. The zero-order chi connectivity index (χ0) is 12.3. The van der Waals surface area contributed by atoms with Crippen molar-refractivity contribution in [1.29, 1.82) is 0 Å². The van der Waals surface area contributed by atoms with E-state index < -0.39 is 10.0 Å². The van der Waals surface area contributed by atoms with Crippen LogP contribution >= 0.6 is 0 Å². The Morgan fingerprint density at radius 1 is 1.47 bits per heavy atom. The van der Waals surface area contributed by atoms with Gasteiger partial charge >= 0.3 is 0 Å². The lowest BCUT2D eigenvalue weighted by Crippen LogP contribution is -2.25. The smallest absolute Gasteiger partial charge is 0.258 e. The van der Waals surface area contributed by atoms with Crippen molar-refractivity contribution in [2.75, 3.05) is 0 Å². The summed E-state index contributed by atoms with van der Waals surface area (Å²) in [7, 11) is -3.71. The largest absolute Gasteiger partial charge is 0.326 e. The third kappa shape index (κ3) is 2.46. The van der Waals surface area contributed by atoms with Gasteiger partial charge in [-0.15, -0.1) is 10.2 Å². The van der Waals surface area contributed by atoms with E-state index in [1.54, 1.807) is 0 Å². The molecule has 0 spiro atoms. The molecule has 2 aromatic heterocycles. The number of nitrogens with two attached hydrogens (primary N) is 1. The van der Waals surface area contributed by atoms with E-state index >= 15 is 0 Å². The Morgan fingerprint density at radius 2 is 2.29 bits per heavy atom. The summed E-state index contributed by atoms with van der Waals surface area (Å²) in [4.78, 5) is 0. The minimum absolute atomic E-state index is 0.0523. The van der Waals surface area contributed by atoms with E-state index in [0.717, 1.165) is 0 Å². The van der Waals surface area contributed by atoms with Gasteiger partial charge in [0.1, 0.15) is 0 Å². The predicted molar refractivity (Wildman–Crippen MR) is 54.7 cm³/mol. The minimum atomic E-state index is -3.71. The number of hydrogen-bond donors (Lipinski definition) is 4. The van der Waals surface area contributed by atoms with Crippen molar-refractivity contribution in [3.05, 3.63) is 17.6 Å². The zero-order valence-electron chi connectivity index (χ0n) is 8.58. The number of sulfonamides is 1. The Morgan fingerprint density at radius 3 is 2.94 bits per heavy atom. The molecule has 0 aliphatic heterocycles. The van der Waals surface area contributed by atoms with Crippen LogP contribution in [0.4, 0.5) is 0 Å². The normalized spacial score (nSPS) is 11.8. The van der Waals surface area contributed by atoms with Crippen LogP contribution in [0.2, 0.25) is 0 Å². The van der Waals surface area contributed by atoms with Crippen LogP contribution in [0.25, 0.3) is 0 Å². The molecule has 0 radical (unpaired) electrons. The first kappa shape index (κ1) is 11.6. The predicted octanol–water partition coefficient (Wildman–Crippen LogP) is -2.14. The maximum Gasteiger partial charge on any atom is 0.258 e. The monoisotopic (exact) mass is 258 g/mol. The second-order valence-electron chi connectivity index (χ2n) is 3.08. The van der Waals surface area contributed by atoms with Gasteiger partial charge in [-0.25, -0.2) is 13.1 Å². The molecule has 0 unspecified atom stereocenters. The molecule has 11 heteroatoms. The molecule has 0 fully saturated rings. The van der Waals surface area contributed by atoms with E-state index in [1.165, 1.54) is 6.20 Å². The molecular weight excluding hydrogens is 248 g/mol. The van der Waals surface area contributed by atoms with E-state index in [4.69, 9.17) is 5.73 Å². The van der Waals surface area contributed by atoms with E-state index in [9.17, 15) is 8.42 Å². The van der Waals surface area contributed by atoms with Crippen molar-refractivity contribution in [2.45, 2.75) is 18.1 Å². The van der Waals surface area contributed by atoms with Gasteiger partial charge in [-0.1, -0.05) is 5.21 Å². The SMILES string of the molecule is NCc1cn[nH]c1S(=O)(=O)NCc1nn[nH]n1. The maximum atomic E-state index is 11.8. The number of aromatic nitrogens is 6. The Bertz CT molecular complexity index is 573. The average molecular weight is 258 g/mol. The summed E-state index contributed by atoms with van der Waals surface area (Å²) in [5.41, 5.74) is 5.80. The van der Waals surface area contributed by atoms with Crippen molar-refractivity contribution >= 4 is 10.0 Å². The summed E-state index contributed by atoms with van der Waals surface area (Å²) in [6.45, 7) is 0.0107. The molecule has 0 aromatic carbocycles. The molecule has 10 nitrogen and oxygen atoms in total. The van der Waals surface area contributed by atoms with Crippen LogP contribution in [0.5, 0.6) is 0 Å². The van der Waals surface area contributed by atoms with Gasteiger partial charge in [0.05, 0.1) is 12.7 Å². The Balaban J connectivity index is 2.14. The highest BCUT2D eigenvalue weighted by atomic mass is 32.2. The van der Waals surface area contributed by atoms with Gasteiger partial charge in [0.2, 0.25) is 0 Å². The van der Waals surface area contributed by atoms with Crippen molar-refractivity contribution in [1.82, 2.24) is 35.5 Å². The van der Waals surface area contributed by atoms with Gasteiger partial charge in [-0.3, -0.25) is 5.10 Å². The number of nitrogens with zero attached hydrogens (tertiary/aromatic N) is 4. The van der Waals surface area contributed by atoms with Gasteiger partial charge in [-0.2, -0.15) is 10.3 Å². The number of tetrazole rings is 1. The quantitative estimate of drug-likeness (QED) is 0.476. The lowest BCUT2D eigenvalue weighted by molar-refractivity contribution is 0.573. The van der Waals surface area contributed by atoms with Crippen LogP contribution in [-0.4, -0.2) is 39.2 Å². The van der Waals surface area contributed by atoms with Gasteiger partial charge in [0, 0.05) is 12.1 Å². The first-order chi connectivity index (χ1) is 8.13. The maximum absolute atomic E-state index is 11.8. The molecule has 5 N–H and O–H groups in total. The highest BCUT2D eigenvalue weighted by Gasteiger charge is 2.20. The van der Waals surface area contributed by atoms with Crippen LogP contribution < -0.4 is 10.5 Å². The van der Waals surface area contributed by atoms with Crippen molar-refractivity contribution in [2.24, 2.45) is 5.73 Å². The molecule has 0 amide bonds. The van der Waals surface area contributed by atoms with E-state index in [2.05, 4.69) is 35.5 Å². The average Bonchev–Trinajstić information content (AvgIpc) is 2.97. The molecule has 0 atom stereocenters. The Kier molecular flexibility index (Phi) is 3.12. The summed E-state index contributed by atoms with van der Waals surface area (Å²) < 4.78 is 26.0. The summed E-state index contributed by atoms with van der Waals surface area (Å²) >= 11 is 0. The summed E-state index contributed by atoms with van der Waals surface area (Å²) in [6.07, 6.45) is 1.36. The first-order valence-corrected chi connectivity index (χ1v) is 6.06. The number of nitrogens with one attached hydrogen (secondary N) is 3. The molecule has 0 saturated heterocycles.